The standard InChI is InChI=1S/6C15H15N2/c1-12-14(15-8-4-5-9-16(15)2)11-13-7-3-6-10-17(12)13;1-12-13(15-8-3-5-9-16(15)2)11-17-10-6-4-7-14(12)17;1-12-11-17-10-6-4-8-14(17)15(12)13-7-3-5-9-16(13)2;1-12-8-11-17-10-5-6-13(15(12)17)14-7-3-4-9-16(14)2;1-12-6-5-10-17-11-8-13(15(12)17)14-7-3-4-9-16(14)2;1-12-8-11-17-10-5-7-14(17)15(12)13-6-3-4-9-16(13)2/h6*3-11H,1-2H3/q6*+1. The first-order valence-electron chi connectivity index (χ1n) is 34.7. The minimum atomic E-state index is 1.24. The zero-order valence-electron chi connectivity index (χ0n) is 60.5. The fourth-order valence-corrected chi connectivity index (χ4v) is 14.0. The Balaban J connectivity index is 0.000000109. The second kappa shape index (κ2) is 30.3. The molecular formula is C90H90N12+6. The first-order valence-corrected chi connectivity index (χ1v) is 34.7. The molecule has 0 radical (unpaired) electrons. The first kappa shape index (κ1) is 68.0. The Hall–Kier alpha value is -12.5. The van der Waals surface area contributed by atoms with Crippen molar-refractivity contribution in [2.24, 2.45) is 42.3 Å². The zero-order chi connectivity index (χ0) is 71.0. The SMILES string of the molecule is Cc1c(-c2cccc[n+]2C)cc2ccccn12.Cc1c(-c2cccc[n+]2C)cn2ccccc12.Cc1cccn2ccc(-c3cccc[n+]3C)c12.Cc1ccn2cccc(-c3cccc[n+]3C)c12.Cc1ccn2cccc2c1-c1cccc[n+]1C.Cc1cn2ccccc2c1-c1cccc[n+]1C. The number of pyridine rings is 12. The fourth-order valence-electron chi connectivity index (χ4n) is 14.0. The lowest BCUT2D eigenvalue weighted by Crippen LogP contribution is -2.30. The van der Waals surface area contributed by atoms with Crippen LogP contribution in [0.1, 0.15) is 33.5 Å². The Morgan fingerprint density at radius 3 is 1.16 bits per heavy atom. The third kappa shape index (κ3) is 14.1. The fraction of sp³-hybridized carbons (Fsp3) is 0.133. The molecule has 0 saturated carbocycles. The summed E-state index contributed by atoms with van der Waals surface area (Å²) in [5, 5.41) is 0. The van der Waals surface area contributed by atoms with Crippen molar-refractivity contribution in [3.8, 4) is 67.5 Å². The van der Waals surface area contributed by atoms with Crippen LogP contribution in [0.25, 0.3) is 101 Å². The van der Waals surface area contributed by atoms with Gasteiger partial charge in [-0.15, -0.1) is 0 Å². The summed E-state index contributed by atoms with van der Waals surface area (Å²) in [6, 6.07) is 78.1. The molecule has 0 aliphatic carbocycles. The van der Waals surface area contributed by atoms with E-state index in [4.69, 9.17) is 0 Å². The molecule has 0 unspecified atom stereocenters. The van der Waals surface area contributed by atoms with Gasteiger partial charge in [0.25, 0.3) is 0 Å². The number of aromatic nitrogens is 12. The average molecular weight is 1340 g/mol. The summed E-state index contributed by atoms with van der Waals surface area (Å²) in [6.07, 6.45) is 35.8. The van der Waals surface area contributed by atoms with E-state index >= 15 is 0 Å². The van der Waals surface area contributed by atoms with Crippen LogP contribution in [0, 0.1) is 41.5 Å². The number of hydrogen-bond donors (Lipinski definition) is 0. The van der Waals surface area contributed by atoms with Gasteiger partial charge in [-0.25, -0.2) is 27.4 Å². The van der Waals surface area contributed by atoms with Gasteiger partial charge in [0.05, 0.1) is 55.4 Å². The Labute approximate surface area is 598 Å². The zero-order valence-corrected chi connectivity index (χ0v) is 60.5. The van der Waals surface area contributed by atoms with Crippen LogP contribution in [0.2, 0.25) is 0 Å². The summed E-state index contributed by atoms with van der Waals surface area (Å²) >= 11 is 0. The van der Waals surface area contributed by atoms with E-state index in [0.717, 1.165) is 0 Å². The van der Waals surface area contributed by atoms with Gasteiger partial charge in [-0.2, -0.15) is 0 Å². The van der Waals surface area contributed by atoms with Crippen molar-refractivity contribution in [3.63, 3.8) is 0 Å². The molecule has 0 N–H and O–H groups in total. The van der Waals surface area contributed by atoms with Gasteiger partial charge in [-0.1, -0.05) is 24.3 Å². The molecule has 0 atom stereocenters. The maximum atomic E-state index is 2.24. The molecule has 0 bridgehead atoms. The van der Waals surface area contributed by atoms with Gasteiger partial charge in [0.15, 0.2) is 37.2 Å². The van der Waals surface area contributed by atoms with E-state index in [-0.39, 0.29) is 0 Å². The van der Waals surface area contributed by atoms with Crippen LogP contribution in [0.4, 0.5) is 0 Å². The van der Waals surface area contributed by atoms with E-state index in [1.165, 1.54) is 134 Å². The van der Waals surface area contributed by atoms with Gasteiger partial charge >= 0.3 is 0 Å². The molecule has 0 fully saturated rings. The number of hydrogen-bond acceptors (Lipinski definition) is 0. The van der Waals surface area contributed by atoms with Crippen LogP contribution < -0.4 is 27.4 Å². The predicted molar refractivity (Wildman–Crippen MR) is 412 cm³/mol. The lowest BCUT2D eigenvalue weighted by Gasteiger charge is -2.07. The molecule has 0 aliphatic rings. The molecule has 18 aromatic heterocycles. The van der Waals surface area contributed by atoms with Crippen LogP contribution in [0.5, 0.6) is 0 Å². The highest BCUT2D eigenvalue weighted by atomic mass is 15.0. The highest BCUT2D eigenvalue weighted by molar-refractivity contribution is 5.83. The maximum Gasteiger partial charge on any atom is 0.214 e. The predicted octanol–water partition coefficient (Wildman–Crippen LogP) is 16.4. The van der Waals surface area contributed by atoms with Crippen LogP contribution >= 0.6 is 0 Å². The molecule has 18 rings (SSSR count). The van der Waals surface area contributed by atoms with Gasteiger partial charge in [0.2, 0.25) is 34.2 Å². The molecule has 102 heavy (non-hydrogen) atoms. The van der Waals surface area contributed by atoms with Crippen molar-refractivity contribution in [2.45, 2.75) is 41.5 Å². The Morgan fingerprint density at radius 1 is 0.245 bits per heavy atom. The Morgan fingerprint density at radius 2 is 0.618 bits per heavy atom. The molecule has 0 aromatic carbocycles. The molecule has 12 nitrogen and oxygen atoms in total. The van der Waals surface area contributed by atoms with Crippen molar-refractivity contribution in [1.29, 1.82) is 0 Å². The van der Waals surface area contributed by atoms with Gasteiger partial charge in [-0.05, 0) is 197 Å². The van der Waals surface area contributed by atoms with Crippen molar-refractivity contribution >= 4 is 33.1 Å². The van der Waals surface area contributed by atoms with Crippen LogP contribution in [-0.2, 0) is 42.3 Å². The van der Waals surface area contributed by atoms with E-state index in [0.29, 0.717) is 0 Å². The second-order valence-corrected chi connectivity index (χ2v) is 26.2. The Bertz CT molecular complexity index is 5830. The lowest BCUT2D eigenvalue weighted by molar-refractivity contribution is -0.660. The largest absolute Gasteiger partial charge is 0.323 e. The number of nitrogens with zero attached hydrogens (tertiary/aromatic N) is 12. The quantitative estimate of drug-likeness (QED) is 0.149. The van der Waals surface area contributed by atoms with E-state index in [9.17, 15) is 0 Å². The summed E-state index contributed by atoms with van der Waals surface area (Å²) in [4.78, 5) is 0. The summed E-state index contributed by atoms with van der Waals surface area (Å²) in [5.41, 5.74) is 30.6. The molecule has 0 amide bonds. The molecule has 0 spiro atoms. The van der Waals surface area contributed by atoms with Crippen molar-refractivity contribution in [1.82, 2.24) is 26.4 Å². The van der Waals surface area contributed by atoms with Gasteiger partial charge in [0, 0.05) is 158 Å². The highest BCUT2D eigenvalue weighted by Gasteiger charge is 2.21. The number of fused-ring (bicyclic) bond motifs is 6. The maximum absolute atomic E-state index is 2.24. The summed E-state index contributed by atoms with van der Waals surface area (Å²) in [6.45, 7) is 13.0. The van der Waals surface area contributed by atoms with Crippen LogP contribution in [-0.4, -0.2) is 26.4 Å². The summed E-state index contributed by atoms with van der Waals surface area (Å²) < 4.78 is 26.0. The summed E-state index contributed by atoms with van der Waals surface area (Å²) in [7, 11) is 12.5. The monoisotopic (exact) mass is 1340 g/mol. The Kier molecular flexibility index (Phi) is 20.2. The highest BCUT2D eigenvalue weighted by Crippen LogP contribution is 2.31. The van der Waals surface area contributed by atoms with E-state index in [1.807, 2.05) is 0 Å². The van der Waals surface area contributed by atoms with Gasteiger partial charge < -0.3 is 26.4 Å². The molecule has 12 heteroatoms. The van der Waals surface area contributed by atoms with Crippen LogP contribution in [0.15, 0.2) is 330 Å². The minimum Gasteiger partial charge on any atom is -0.323 e. The van der Waals surface area contributed by atoms with Gasteiger partial charge in [-0.3, -0.25) is 0 Å². The van der Waals surface area contributed by atoms with E-state index < -0.39 is 0 Å². The van der Waals surface area contributed by atoms with E-state index in [1.54, 1.807) is 0 Å². The average Bonchev–Trinajstić information content (AvgIpc) is 1.44. The molecule has 0 saturated heterocycles. The molecule has 18 aromatic rings. The number of aryl methyl sites for hydroxylation is 12. The normalized spacial score (nSPS) is 10.9. The molecular weight excluding hydrogens is 1250 g/mol. The smallest absolute Gasteiger partial charge is 0.214 e. The van der Waals surface area contributed by atoms with Crippen LogP contribution in [0.3, 0.4) is 0 Å². The van der Waals surface area contributed by atoms with Crippen molar-refractivity contribution in [2.75, 3.05) is 0 Å². The second-order valence-electron chi connectivity index (χ2n) is 26.2. The molecule has 504 valence electrons. The van der Waals surface area contributed by atoms with Crippen molar-refractivity contribution in [3.05, 3.63) is 363 Å². The lowest BCUT2D eigenvalue weighted by atomic mass is 10.1. The van der Waals surface area contributed by atoms with E-state index in [2.05, 4.69) is 467 Å². The molecule has 0 aliphatic heterocycles. The third-order valence-electron chi connectivity index (χ3n) is 19.4. The molecule has 18 heterocycles. The van der Waals surface area contributed by atoms with Crippen molar-refractivity contribution < 1.29 is 27.4 Å². The number of rotatable bonds is 6. The summed E-state index contributed by atoms with van der Waals surface area (Å²) in [5.74, 6) is 0. The minimum absolute atomic E-state index is 1.24. The third-order valence-corrected chi connectivity index (χ3v) is 19.4. The first-order chi connectivity index (χ1) is 49.6. The van der Waals surface area contributed by atoms with Gasteiger partial charge in [0.1, 0.15) is 42.3 Å². The topological polar surface area (TPSA) is 49.7 Å².